The summed E-state index contributed by atoms with van der Waals surface area (Å²) >= 11 is 0. The van der Waals surface area contributed by atoms with E-state index in [0.717, 1.165) is 12.8 Å². The number of carbonyl (C=O) groups is 1. The van der Waals surface area contributed by atoms with E-state index >= 15 is 0 Å². The van der Waals surface area contributed by atoms with Gasteiger partial charge < -0.3 is 0 Å². The van der Waals surface area contributed by atoms with E-state index < -0.39 is 5.91 Å². The van der Waals surface area contributed by atoms with Crippen LogP contribution in [0.4, 0.5) is 0 Å². The minimum atomic E-state index is -0.420. The SMILES string of the molecule is CCCCCCCC([NH])=O. The van der Waals surface area contributed by atoms with Crippen LogP contribution < -0.4 is 5.73 Å². The van der Waals surface area contributed by atoms with Gasteiger partial charge in [0.25, 0.3) is 0 Å². The van der Waals surface area contributed by atoms with E-state index in [1.165, 1.54) is 19.3 Å². The number of unbranched alkanes of at least 4 members (excludes halogenated alkanes) is 4. The van der Waals surface area contributed by atoms with E-state index in [1.807, 2.05) is 0 Å². The molecule has 0 aromatic heterocycles. The zero-order valence-electron chi connectivity index (χ0n) is 6.65. The van der Waals surface area contributed by atoms with Gasteiger partial charge in [0, 0.05) is 6.42 Å². The lowest BCUT2D eigenvalue weighted by atomic mass is 10.1. The number of carbonyl (C=O) groups excluding carboxylic acids is 1. The Morgan fingerprint density at radius 1 is 1.20 bits per heavy atom. The average molecular weight is 142 g/mol. The largest absolute Gasteiger partial charge is 0.273 e. The Hall–Kier alpha value is -0.530. The van der Waals surface area contributed by atoms with Gasteiger partial charge in [-0.3, -0.25) is 10.5 Å². The first kappa shape index (κ1) is 9.47. The van der Waals surface area contributed by atoms with Crippen molar-refractivity contribution in [1.82, 2.24) is 5.73 Å². The van der Waals surface area contributed by atoms with Gasteiger partial charge in [-0.05, 0) is 6.42 Å². The Bertz CT molecular complexity index is 91.3. The van der Waals surface area contributed by atoms with Crippen LogP contribution in [-0.2, 0) is 4.79 Å². The molecule has 0 heterocycles. The van der Waals surface area contributed by atoms with Crippen LogP contribution in [0.25, 0.3) is 0 Å². The van der Waals surface area contributed by atoms with Crippen LogP contribution in [0.1, 0.15) is 45.4 Å². The van der Waals surface area contributed by atoms with Crippen molar-refractivity contribution in [3.8, 4) is 0 Å². The summed E-state index contributed by atoms with van der Waals surface area (Å²) in [5.74, 6) is -0.420. The number of hydrogen-bond acceptors (Lipinski definition) is 1. The zero-order valence-corrected chi connectivity index (χ0v) is 6.65. The second-order valence-electron chi connectivity index (χ2n) is 2.59. The molecule has 0 spiro atoms. The molecule has 1 N–H and O–H groups in total. The molecule has 0 aromatic rings. The van der Waals surface area contributed by atoms with Crippen molar-refractivity contribution in [2.24, 2.45) is 0 Å². The van der Waals surface area contributed by atoms with Crippen molar-refractivity contribution in [1.29, 1.82) is 0 Å². The monoisotopic (exact) mass is 142 g/mol. The highest BCUT2D eigenvalue weighted by molar-refractivity contribution is 5.72. The van der Waals surface area contributed by atoms with Gasteiger partial charge >= 0.3 is 0 Å². The molecular weight excluding hydrogens is 126 g/mol. The average Bonchev–Trinajstić information content (AvgIpc) is 1.87. The lowest BCUT2D eigenvalue weighted by molar-refractivity contribution is -0.118. The molecule has 0 bridgehead atoms. The van der Waals surface area contributed by atoms with Crippen LogP contribution in [0, 0.1) is 0 Å². The number of amides is 1. The van der Waals surface area contributed by atoms with Gasteiger partial charge in [0.05, 0.1) is 0 Å². The van der Waals surface area contributed by atoms with Crippen LogP contribution in [0.2, 0.25) is 0 Å². The standard InChI is InChI=1S/C8H16NO/c1-2-3-4-5-6-7-8(9)10/h9H,2-7H2,1H3. The second kappa shape index (κ2) is 6.59. The van der Waals surface area contributed by atoms with Crippen LogP contribution in [0.3, 0.4) is 0 Å². The van der Waals surface area contributed by atoms with Gasteiger partial charge in [0.15, 0.2) is 0 Å². The normalized spacial score (nSPS) is 9.70. The van der Waals surface area contributed by atoms with Gasteiger partial charge in [0.2, 0.25) is 5.91 Å². The molecule has 0 saturated heterocycles. The van der Waals surface area contributed by atoms with Gasteiger partial charge in [-0.25, -0.2) is 0 Å². The fourth-order valence-corrected chi connectivity index (χ4v) is 0.889. The minimum absolute atomic E-state index is 0.420. The molecule has 2 nitrogen and oxygen atoms in total. The summed E-state index contributed by atoms with van der Waals surface area (Å²) in [4.78, 5) is 10.1. The molecule has 0 rings (SSSR count). The van der Waals surface area contributed by atoms with Crippen molar-refractivity contribution >= 4 is 5.91 Å². The van der Waals surface area contributed by atoms with E-state index in [4.69, 9.17) is 5.73 Å². The molecule has 0 aliphatic rings. The highest BCUT2D eigenvalue weighted by atomic mass is 16.1. The van der Waals surface area contributed by atoms with Crippen molar-refractivity contribution in [2.75, 3.05) is 0 Å². The highest BCUT2D eigenvalue weighted by Gasteiger charge is 1.93. The van der Waals surface area contributed by atoms with Gasteiger partial charge in [-0.15, -0.1) is 0 Å². The molecule has 0 unspecified atom stereocenters. The van der Waals surface area contributed by atoms with Crippen LogP contribution in [0.5, 0.6) is 0 Å². The zero-order chi connectivity index (χ0) is 7.82. The summed E-state index contributed by atoms with van der Waals surface area (Å²) in [7, 11) is 0. The Kier molecular flexibility index (Phi) is 6.24. The summed E-state index contributed by atoms with van der Waals surface area (Å²) in [6.45, 7) is 2.16. The Morgan fingerprint density at radius 3 is 2.30 bits per heavy atom. The molecule has 59 valence electrons. The predicted octanol–water partition coefficient (Wildman–Crippen LogP) is 2.16. The molecule has 0 atom stereocenters. The topological polar surface area (TPSA) is 40.9 Å². The van der Waals surface area contributed by atoms with Crippen molar-refractivity contribution in [3.05, 3.63) is 0 Å². The van der Waals surface area contributed by atoms with E-state index in [-0.39, 0.29) is 0 Å². The molecule has 1 amide bonds. The first-order valence-electron chi connectivity index (χ1n) is 4.01. The summed E-state index contributed by atoms with van der Waals surface area (Å²) in [6, 6.07) is 0. The van der Waals surface area contributed by atoms with Gasteiger partial charge in [-0.1, -0.05) is 32.6 Å². The smallest absolute Gasteiger partial charge is 0.238 e. The fourth-order valence-electron chi connectivity index (χ4n) is 0.889. The maximum Gasteiger partial charge on any atom is 0.238 e. The number of hydrogen-bond donors (Lipinski definition) is 0. The quantitative estimate of drug-likeness (QED) is 0.524. The Labute approximate surface area is 62.8 Å². The maximum absolute atomic E-state index is 10.1. The predicted molar refractivity (Wildman–Crippen MR) is 41.5 cm³/mol. The number of rotatable bonds is 6. The van der Waals surface area contributed by atoms with E-state index in [2.05, 4.69) is 6.92 Å². The summed E-state index contributed by atoms with van der Waals surface area (Å²) < 4.78 is 0. The summed E-state index contributed by atoms with van der Waals surface area (Å²) in [5.41, 5.74) is 6.62. The molecule has 0 fully saturated rings. The van der Waals surface area contributed by atoms with Crippen LogP contribution >= 0.6 is 0 Å². The minimum Gasteiger partial charge on any atom is -0.273 e. The lowest BCUT2D eigenvalue weighted by Crippen LogP contribution is -1.96. The first-order valence-corrected chi connectivity index (χ1v) is 4.01. The van der Waals surface area contributed by atoms with E-state index in [0.29, 0.717) is 6.42 Å². The third-order valence-corrected chi connectivity index (χ3v) is 1.51. The fraction of sp³-hybridized carbons (Fsp3) is 0.875. The lowest BCUT2D eigenvalue weighted by Gasteiger charge is -1.95. The second-order valence-corrected chi connectivity index (χ2v) is 2.59. The first-order chi connectivity index (χ1) is 4.77. The van der Waals surface area contributed by atoms with Crippen LogP contribution in [0.15, 0.2) is 0 Å². The third kappa shape index (κ3) is 7.47. The number of nitrogens with one attached hydrogen (secondary N) is 1. The van der Waals surface area contributed by atoms with E-state index in [1.54, 1.807) is 0 Å². The molecule has 10 heavy (non-hydrogen) atoms. The third-order valence-electron chi connectivity index (χ3n) is 1.51. The summed E-state index contributed by atoms with van der Waals surface area (Å²) in [6.07, 6.45) is 6.16. The summed E-state index contributed by atoms with van der Waals surface area (Å²) in [5, 5.41) is 0. The Balaban J connectivity index is 2.84. The molecular formula is C8H16NO. The molecule has 0 aliphatic carbocycles. The van der Waals surface area contributed by atoms with E-state index in [9.17, 15) is 4.79 Å². The Morgan fingerprint density at radius 2 is 1.80 bits per heavy atom. The van der Waals surface area contributed by atoms with Gasteiger partial charge in [0.1, 0.15) is 0 Å². The highest BCUT2D eigenvalue weighted by Crippen LogP contribution is 2.03. The molecule has 2 heteroatoms. The van der Waals surface area contributed by atoms with Crippen molar-refractivity contribution in [2.45, 2.75) is 45.4 Å². The molecule has 0 aliphatic heterocycles. The van der Waals surface area contributed by atoms with Crippen LogP contribution in [-0.4, -0.2) is 5.91 Å². The maximum atomic E-state index is 10.1. The van der Waals surface area contributed by atoms with Crippen molar-refractivity contribution in [3.63, 3.8) is 0 Å². The molecule has 0 saturated carbocycles. The molecule has 0 aromatic carbocycles. The molecule has 1 radical (unpaired) electrons. The van der Waals surface area contributed by atoms with Gasteiger partial charge in [-0.2, -0.15) is 0 Å². The van der Waals surface area contributed by atoms with Crippen molar-refractivity contribution < 1.29 is 4.79 Å².